The Morgan fingerprint density at radius 1 is 1.11 bits per heavy atom. The number of halogens is 4. The molecule has 93 valence electrons. The molecule has 0 fully saturated rings. The molecule has 0 aliphatic rings. The van der Waals surface area contributed by atoms with Crippen LogP contribution in [0, 0.1) is 12.0 Å². The molecule has 1 heterocycles. The summed E-state index contributed by atoms with van der Waals surface area (Å²) in [6.45, 7) is 0. The highest BCUT2D eigenvalue weighted by molar-refractivity contribution is 5.63. The lowest BCUT2D eigenvalue weighted by molar-refractivity contribution is -0.275. The van der Waals surface area contributed by atoms with Gasteiger partial charge < -0.3 is 4.74 Å². The third-order valence-electron chi connectivity index (χ3n) is 2.11. The van der Waals surface area contributed by atoms with Crippen molar-refractivity contribution in [2.24, 2.45) is 0 Å². The van der Waals surface area contributed by atoms with Crippen molar-refractivity contribution in [3.8, 4) is 16.9 Å². The second-order valence-corrected chi connectivity index (χ2v) is 3.37. The number of hydrogen-bond donors (Lipinski definition) is 0. The maximum absolute atomic E-state index is 13.4. The third-order valence-corrected chi connectivity index (χ3v) is 2.11. The van der Waals surface area contributed by atoms with Gasteiger partial charge in [-0.1, -0.05) is 12.1 Å². The van der Waals surface area contributed by atoms with E-state index >= 15 is 0 Å². The predicted molar refractivity (Wildman–Crippen MR) is 55.2 cm³/mol. The summed E-state index contributed by atoms with van der Waals surface area (Å²) in [4.78, 5) is 3.71. The van der Waals surface area contributed by atoms with E-state index in [1.807, 2.05) is 0 Å². The Bertz CT molecular complexity index is 540. The monoisotopic (exact) mass is 256 g/mol. The molecule has 0 N–H and O–H groups in total. The van der Waals surface area contributed by atoms with Crippen LogP contribution >= 0.6 is 0 Å². The fourth-order valence-electron chi connectivity index (χ4n) is 1.38. The van der Waals surface area contributed by atoms with Crippen molar-refractivity contribution in [1.82, 2.24) is 4.98 Å². The molecular formula is C12H6F4NO. The lowest BCUT2D eigenvalue weighted by Crippen LogP contribution is -2.17. The lowest BCUT2D eigenvalue weighted by atomic mass is 10.1. The molecule has 6 heteroatoms. The summed E-state index contributed by atoms with van der Waals surface area (Å²) in [5, 5.41) is 0. The Kier molecular flexibility index (Phi) is 3.18. The second-order valence-electron chi connectivity index (χ2n) is 3.37. The van der Waals surface area contributed by atoms with Crippen molar-refractivity contribution in [2.45, 2.75) is 6.36 Å². The Morgan fingerprint density at radius 2 is 1.89 bits per heavy atom. The van der Waals surface area contributed by atoms with Crippen molar-refractivity contribution in [3.05, 3.63) is 48.5 Å². The van der Waals surface area contributed by atoms with Gasteiger partial charge in [-0.05, 0) is 23.8 Å². The Hall–Kier alpha value is -2.11. The van der Waals surface area contributed by atoms with Gasteiger partial charge in [-0.25, -0.2) is 4.39 Å². The van der Waals surface area contributed by atoms with E-state index in [4.69, 9.17) is 0 Å². The molecule has 1 aromatic carbocycles. The number of aromatic nitrogens is 1. The van der Waals surface area contributed by atoms with Gasteiger partial charge in [-0.2, -0.15) is 0 Å². The summed E-state index contributed by atoms with van der Waals surface area (Å²) >= 11 is 0. The highest BCUT2D eigenvalue weighted by Gasteiger charge is 2.32. The van der Waals surface area contributed by atoms with Crippen LogP contribution < -0.4 is 4.74 Å². The zero-order valence-corrected chi connectivity index (χ0v) is 8.83. The van der Waals surface area contributed by atoms with Gasteiger partial charge in [0.05, 0.1) is 6.20 Å². The van der Waals surface area contributed by atoms with E-state index in [1.54, 1.807) is 6.07 Å². The van der Waals surface area contributed by atoms with E-state index in [1.165, 1.54) is 18.3 Å². The van der Waals surface area contributed by atoms with Crippen molar-refractivity contribution < 1.29 is 22.3 Å². The Morgan fingerprint density at radius 3 is 2.44 bits per heavy atom. The van der Waals surface area contributed by atoms with Crippen LogP contribution in [0.3, 0.4) is 0 Å². The van der Waals surface area contributed by atoms with E-state index in [0.717, 1.165) is 12.1 Å². The van der Waals surface area contributed by atoms with Crippen molar-refractivity contribution in [3.63, 3.8) is 0 Å². The molecule has 0 unspecified atom stereocenters. The van der Waals surface area contributed by atoms with E-state index in [-0.39, 0.29) is 0 Å². The van der Waals surface area contributed by atoms with Crippen molar-refractivity contribution in [2.75, 3.05) is 0 Å². The topological polar surface area (TPSA) is 22.1 Å². The number of pyridine rings is 1. The quantitative estimate of drug-likeness (QED) is 0.766. The van der Waals surface area contributed by atoms with Gasteiger partial charge in [0.2, 0.25) is 0 Å². The average Bonchev–Trinajstić information content (AvgIpc) is 2.31. The number of rotatable bonds is 2. The molecule has 0 bridgehead atoms. The molecule has 2 rings (SSSR count). The molecular weight excluding hydrogens is 250 g/mol. The number of hydrogen-bond acceptors (Lipinski definition) is 2. The predicted octanol–water partition coefficient (Wildman–Crippen LogP) is 3.59. The Labute approximate surface area is 99.8 Å². The number of alkyl halides is 3. The van der Waals surface area contributed by atoms with E-state index in [9.17, 15) is 17.6 Å². The van der Waals surface area contributed by atoms with Crippen LogP contribution in [0.15, 0.2) is 36.5 Å². The van der Waals surface area contributed by atoms with Gasteiger partial charge in [0.15, 0.2) is 11.6 Å². The van der Waals surface area contributed by atoms with Crippen LogP contribution in [0.4, 0.5) is 17.6 Å². The minimum Gasteiger partial charge on any atom is -0.403 e. The van der Waals surface area contributed by atoms with Crippen LogP contribution in [0.25, 0.3) is 11.1 Å². The van der Waals surface area contributed by atoms with Gasteiger partial charge in [0.1, 0.15) is 0 Å². The van der Waals surface area contributed by atoms with Crippen molar-refractivity contribution >= 4 is 0 Å². The summed E-state index contributed by atoms with van der Waals surface area (Å²) in [5.41, 5.74) is 0.981. The number of ether oxygens (including phenoxy) is 1. The standard InChI is InChI=1S/C12H6F4NO/c13-10-6-8(9-2-1-5-17-7-9)3-4-11(10)18-12(14,15)16/h1-4,6-7H. The van der Waals surface area contributed by atoms with Crippen LogP contribution in [-0.4, -0.2) is 11.3 Å². The number of nitrogens with zero attached hydrogens (tertiary/aromatic N) is 1. The fourth-order valence-corrected chi connectivity index (χ4v) is 1.38. The van der Waals surface area contributed by atoms with Gasteiger partial charge in [0, 0.05) is 11.8 Å². The largest absolute Gasteiger partial charge is 0.573 e. The maximum atomic E-state index is 13.4. The molecule has 2 nitrogen and oxygen atoms in total. The summed E-state index contributed by atoms with van der Waals surface area (Å²) < 4.78 is 52.8. The zero-order chi connectivity index (χ0) is 13.2. The smallest absolute Gasteiger partial charge is 0.403 e. The molecule has 1 radical (unpaired) electrons. The average molecular weight is 256 g/mol. The first kappa shape index (κ1) is 12.3. The Balaban J connectivity index is 2.31. The SMILES string of the molecule is Fc1cc(-c2cc[c]nc2)ccc1OC(F)(F)F. The molecule has 1 aromatic heterocycles. The molecule has 0 saturated heterocycles. The van der Waals surface area contributed by atoms with Crippen LogP contribution in [0.2, 0.25) is 0 Å². The zero-order valence-electron chi connectivity index (χ0n) is 8.83. The molecule has 0 aliphatic carbocycles. The molecule has 0 amide bonds. The second kappa shape index (κ2) is 4.64. The first-order chi connectivity index (χ1) is 8.46. The normalized spacial score (nSPS) is 11.3. The molecule has 0 aliphatic heterocycles. The molecule has 0 atom stereocenters. The van der Waals surface area contributed by atoms with Crippen LogP contribution in [-0.2, 0) is 0 Å². The maximum Gasteiger partial charge on any atom is 0.573 e. The summed E-state index contributed by atoms with van der Waals surface area (Å²) in [6, 6.07) is 6.34. The minimum atomic E-state index is -4.91. The number of benzene rings is 1. The van der Waals surface area contributed by atoms with Crippen molar-refractivity contribution in [1.29, 1.82) is 0 Å². The fraction of sp³-hybridized carbons (Fsp3) is 0.0833. The first-order valence-electron chi connectivity index (χ1n) is 4.83. The van der Waals surface area contributed by atoms with Gasteiger partial charge in [-0.15, -0.1) is 13.2 Å². The summed E-state index contributed by atoms with van der Waals surface area (Å²) in [7, 11) is 0. The molecule has 0 saturated carbocycles. The van der Waals surface area contributed by atoms with E-state index in [2.05, 4.69) is 15.9 Å². The lowest BCUT2D eigenvalue weighted by Gasteiger charge is -2.10. The first-order valence-corrected chi connectivity index (χ1v) is 4.83. The molecule has 2 aromatic rings. The summed E-state index contributed by atoms with van der Waals surface area (Å²) in [5.74, 6) is -1.95. The van der Waals surface area contributed by atoms with Crippen LogP contribution in [0.5, 0.6) is 5.75 Å². The third kappa shape index (κ3) is 2.97. The van der Waals surface area contributed by atoms with Gasteiger partial charge in [-0.3, -0.25) is 4.98 Å². The summed E-state index contributed by atoms with van der Waals surface area (Å²) in [6.07, 6.45) is -0.939. The van der Waals surface area contributed by atoms with Gasteiger partial charge >= 0.3 is 6.36 Å². The van der Waals surface area contributed by atoms with E-state index < -0.39 is 17.9 Å². The molecule has 18 heavy (non-hydrogen) atoms. The van der Waals surface area contributed by atoms with Crippen LogP contribution in [0.1, 0.15) is 0 Å². The highest BCUT2D eigenvalue weighted by atomic mass is 19.4. The highest BCUT2D eigenvalue weighted by Crippen LogP contribution is 2.29. The van der Waals surface area contributed by atoms with Gasteiger partial charge in [0.25, 0.3) is 0 Å². The van der Waals surface area contributed by atoms with E-state index in [0.29, 0.717) is 11.1 Å². The molecule has 0 spiro atoms. The minimum absolute atomic E-state index is 0.406.